The number of aryl methyl sites for hydroxylation is 1. The molecule has 1 aliphatic carbocycles. The van der Waals surface area contributed by atoms with Crippen LogP contribution in [0.5, 0.6) is 5.75 Å². The molecule has 1 aromatic heterocycles. The predicted molar refractivity (Wildman–Crippen MR) is 92.9 cm³/mol. The average molecular weight is 331 g/mol. The summed E-state index contributed by atoms with van der Waals surface area (Å²) in [6, 6.07) is 5.95. The monoisotopic (exact) mass is 331 g/mol. The lowest BCUT2D eigenvalue weighted by atomic mass is 9.98. The van der Waals surface area contributed by atoms with Gasteiger partial charge in [-0.3, -0.25) is 4.79 Å². The number of nitrogens with zero attached hydrogens (tertiary/aromatic N) is 1. The van der Waals surface area contributed by atoms with E-state index in [0.717, 1.165) is 48.3 Å². The number of thiazole rings is 1. The van der Waals surface area contributed by atoms with E-state index in [1.165, 1.54) is 11.3 Å². The number of nitrogens with one attached hydrogen (secondary N) is 1. The van der Waals surface area contributed by atoms with E-state index in [9.17, 15) is 4.79 Å². The smallest absolute Gasteiger partial charge is 0.246 e. The molecular formula is C17H21N3O2S. The molecular weight excluding hydrogens is 310 g/mol. The molecule has 2 aromatic rings. The molecule has 1 saturated carbocycles. The first kappa shape index (κ1) is 16.0. The highest BCUT2D eigenvalue weighted by Crippen LogP contribution is 2.34. The average Bonchev–Trinajstić information content (AvgIpc) is 3.17. The summed E-state index contributed by atoms with van der Waals surface area (Å²) in [6.45, 7) is 2.02. The summed E-state index contributed by atoms with van der Waals surface area (Å²) < 4.78 is 5.40. The van der Waals surface area contributed by atoms with Crippen molar-refractivity contribution in [2.75, 3.05) is 12.4 Å². The maximum atomic E-state index is 12.4. The van der Waals surface area contributed by atoms with E-state index in [1.54, 1.807) is 7.11 Å². The Bertz CT molecular complexity index is 720. The van der Waals surface area contributed by atoms with Gasteiger partial charge in [0.05, 0.1) is 18.3 Å². The molecule has 3 N–H and O–H groups in total. The number of methoxy groups -OCH3 is 1. The fraction of sp³-hybridized carbons (Fsp3) is 0.412. The van der Waals surface area contributed by atoms with Crippen LogP contribution in [0, 0.1) is 6.92 Å². The van der Waals surface area contributed by atoms with Gasteiger partial charge in [-0.1, -0.05) is 24.5 Å². The van der Waals surface area contributed by atoms with Gasteiger partial charge >= 0.3 is 0 Å². The normalized spacial score (nSPS) is 16.3. The number of nitrogens with two attached hydrogens (primary N) is 1. The summed E-state index contributed by atoms with van der Waals surface area (Å²) in [4.78, 5) is 16.9. The Kier molecular flexibility index (Phi) is 4.37. The number of hydrogen-bond acceptors (Lipinski definition) is 5. The third-order valence-corrected chi connectivity index (χ3v) is 5.06. The summed E-state index contributed by atoms with van der Waals surface area (Å²) >= 11 is 1.40. The maximum Gasteiger partial charge on any atom is 0.246 e. The van der Waals surface area contributed by atoms with Gasteiger partial charge in [-0.2, -0.15) is 0 Å². The minimum Gasteiger partial charge on any atom is -0.496 e. The quantitative estimate of drug-likeness (QED) is 0.901. The fourth-order valence-electron chi connectivity index (χ4n) is 2.93. The number of hydrogen-bond donors (Lipinski definition) is 2. The van der Waals surface area contributed by atoms with E-state index in [1.807, 2.05) is 30.5 Å². The molecule has 1 fully saturated rings. The second-order valence-electron chi connectivity index (χ2n) is 6.06. The number of anilines is 1. The van der Waals surface area contributed by atoms with Gasteiger partial charge in [-0.15, -0.1) is 11.3 Å². The Hall–Kier alpha value is -1.92. The SMILES string of the molecule is COc1ccc(C)cc1-c1csc(NC(=O)C2(N)CCCC2)n1. The van der Waals surface area contributed by atoms with Gasteiger partial charge in [0.25, 0.3) is 0 Å². The zero-order chi connectivity index (χ0) is 16.4. The Balaban J connectivity index is 1.81. The molecule has 1 heterocycles. The molecule has 0 aliphatic heterocycles. The van der Waals surface area contributed by atoms with Gasteiger partial charge in [0.1, 0.15) is 5.75 Å². The van der Waals surface area contributed by atoms with Gasteiger partial charge in [-0.25, -0.2) is 4.98 Å². The highest BCUT2D eigenvalue weighted by Gasteiger charge is 2.37. The van der Waals surface area contributed by atoms with E-state index >= 15 is 0 Å². The first-order chi connectivity index (χ1) is 11.0. The summed E-state index contributed by atoms with van der Waals surface area (Å²) in [5.41, 5.74) is 8.28. The molecule has 23 heavy (non-hydrogen) atoms. The highest BCUT2D eigenvalue weighted by atomic mass is 32.1. The number of carbonyl (C=O) groups is 1. The van der Waals surface area contributed by atoms with Crippen LogP contribution in [0.3, 0.4) is 0 Å². The fourth-order valence-corrected chi connectivity index (χ4v) is 3.64. The lowest BCUT2D eigenvalue weighted by molar-refractivity contribution is -0.121. The van der Waals surface area contributed by atoms with Crippen molar-refractivity contribution in [3.63, 3.8) is 0 Å². The Morgan fingerprint density at radius 1 is 1.39 bits per heavy atom. The largest absolute Gasteiger partial charge is 0.496 e. The lowest BCUT2D eigenvalue weighted by Crippen LogP contribution is -2.48. The Morgan fingerprint density at radius 3 is 2.83 bits per heavy atom. The van der Waals surface area contributed by atoms with Crippen molar-refractivity contribution in [1.82, 2.24) is 4.98 Å². The van der Waals surface area contributed by atoms with Crippen molar-refractivity contribution < 1.29 is 9.53 Å². The third kappa shape index (κ3) is 3.23. The van der Waals surface area contributed by atoms with Gasteiger partial charge < -0.3 is 15.8 Å². The second-order valence-corrected chi connectivity index (χ2v) is 6.92. The van der Waals surface area contributed by atoms with Gasteiger partial charge in [0, 0.05) is 10.9 Å². The van der Waals surface area contributed by atoms with Gasteiger partial charge in [-0.05, 0) is 31.9 Å². The van der Waals surface area contributed by atoms with Crippen LogP contribution in [0.4, 0.5) is 5.13 Å². The summed E-state index contributed by atoms with van der Waals surface area (Å²) in [5, 5.41) is 5.36. The van der Waals surface area contributed by atoms with E-state index < -0.39 is 5.54 Å². The lowest BCUT2D eigenvalue weighted by Gasteiger charge is -2.21. The zero-order valence-corrected chi connectivity index (χ0v) is 14.2. The molecule has 0 unspecified atom stereocenters. The summed E-state index contributed by atoms with van der Waals surface area (Å²) in [7, 11) is 1.64. The second kappa shape index (κ2) is 6.29. The molecule has 1 aliphatic rings. The van der Waals surface area contributed by atoms with E-state index in [4.69, 9.17) is 10.5 Å². The zero-order valence-electron chi connectivity index (χ0n) is 13.4. The number of carbonyl (C=O) groups excluding carboxylic acids is 1. The van der Waals surface area contributed by atoms with Crippen LogP contribution in [0.15, 0.2) is 23.6 Å². The van der Waals surface area contributed by atoms with Crippen LogP contribution in [-0.4, -0.2) is 23.5 Å². The third-order valence-electron chi connectivity index (χ3n) is 4.30. The highest BCUT2D eigenvalue weighted by molar-refractivity contribution is 7.14. The minimum atomic E-state index is -0.743. The summed E-state index contributed by atoms with van der Waals surface area (Å²) in [5.74, 6) is 0.636. The topological polar surface area (TPSA) is 77.2 Å². The van der Waals surface area contributed by atoms with E-state index in [0.29, 0.717) is 5.13 Å². The molecule has 122 valence electrons. The van der Waals surface area contributed by atoms with Crippen molar-refractivity contribution in [2.24, 2.45) is 5.73 Å². The van der Waals surface area contributed by atoms with Crippen LogP contribution < -0.4 is 15.8 Å². The van der Waals surface area contributed by atoms with Crippen molar-refractivity contribution in [3.05, 3.63) is 29.1 Å². The molecule has 0 saturated heterocycles. The molecule has 0 atom stereocenters. The van der Waals surface area contributed by atoms with Crippen LogP contribution >= 0.6 is 11.3 Å². The standard InChI is InChI=1S/C17H21N3O2S/c1-11-5-6-14(22-2)12(9-11)13-10-23-16(19-13)20-15(21)17(18)7-3-4-8-17/h5-6,9-10H,3-4,7-8,18H2,1-2H3,(H,19,20,21). The van der Waals surface area contributed by atoms with E-state index in [-0.39, 0.29) is 5.91 Å². The molecule has 0 spiro atoms. The van der Waals surface area contributed by atoms with Crippen LogP contribution in [-0.2, 0) is 4.79 Å². The van der Waals surface area contributed by atoms with Crippen LogP contribution in [0.25, 0.3) is 11.3 Å². The number of rotatable bonds is 4. The van der Waals surface area contributed by atoms with Gasteiger partial charge in [0.2, 0.25) is 5.91 Å². The Morgan fingerprint density at radius 2 is 2.13 bits per heavy atom. The molecule has 3 rings (SSSR count). The first-order valence-corrected chi connectivity index (χ1v) is 8.61. The number of aromatic nitrogens is 1. The number of ether oxygens (including phenoxy) is 1. The summed E-state index contributed by atoms with van der Waals surface area (Å²) in [6.07, 6.45) is 3.49. The van der Waals surface area contributed by atoms with Crippen molar-refractivity contribution in [3.8, 4) is 17.0 Å². The Labute approximate surface area is 139 Å². The van der Waals surface area contributed by atoms with Crippen molar-refractivity contribution in [1.29, 1.82) is 0 Å². The molecule has 1 aromatic carbocycles. The van der Waals surface area contributed by atoms with Crippen molar-refractivity contribution in [2.45, 2.75) is 38.1 Å². The number of amides is 1. The van der Waals surface area contributed by atoms with Gasteiger partial charge in [0.15, 0.2) is 5.13 Å². The van der Waals surface area contributed by atoms with Crippen LogP contribution in [0.2, 0.25) is 0 Å². The predicted octanol–water partition coefficient (Wildman–Crippen LogP) is 3.34. The molecule has 0 radical (unpaired) electrons. The maximum absolute atomic E-state index is 12.4. The minimum absolute atomic E-state index is 0.132. The van der Waals surface area contributed by atoms with Crippen molar-refractivity contribution >= 4 is 22.4 Å². The molecule has 5 nitrogen and oxygen atoms in total. The van der Waals surface area contributed by atoms with E-state index in [2.05, 4.69) is 10.3 Å². The first-order valence-electron chi connectivity index (χ1n) is 7.73. The number of benzene rings is 1. The van der Waals surface area contributed by atoms with Crippen LogP contribution in [0.1, 0.15) is 31.2 Å². The molecule has 0 bridgehead atoms. The molecule has 6 heteroatoms. The molecule has 1 amide bonds.